The molecule has 0 aliphatic heterocycles. The molecule has 1 aromatic heterocycles. The van der Waals surface area contributed by atoms with Gasteiger partial charge in [-0.1, -0.05) is 18.2 Å². The van der Waals surface area contributed by atoms with Crippen molar-refractivity contribution in [2.45, 2.75) is 13.5 Å². The third-order valence-electron chi connectivity index (χ3n) is 2.61. The highest BCUT2D eigenvalue weighted by Crippen LogP contribution is 2.20. The molecule has 1 aromatic carbocycles. The van der Waals surface area contributed by atoms with Gasteiger partial charge < -0.3 is 5.32 Å². The molecule has 0 bridgehead atoms. The lowest BCUT2D eigenvalue weighted by atomic mass is 10.1. The van der Waals surface area contributed by atoms with E-state index in [0.29, 0.717) is 12.1 Å². The summed E-state index contributed by atoms with van der Waals surface area (Å²) in [5, 5.41) is 2.87. The predicted molar refractivity (Wildman–Crippen MR) is 74.3 cm³/mol. The van der Waals surface area contributed by atoms with Crippen molar-refractivity contribution in [3.8, 4) is 0 Å². The Morgan fingerprint density at radius 2 is 2.17 bits per heavy atom. The van der Waals surface area contributed by atoms with Gasteiger partial charge in [0.1, 0.15) is 0 Å². The van der Waals surface area contributed by atoms with Crippen LogP contribution in [0.25, 0.3) is 0 Å². The van der Waals surface area contributed by atoms with Crippen molar-refractivity contribution in [3.63, 3.8) is 0 Å². The summed E-state index contributed by atoms with van der Waals surface area (Å²) in [5.41, 5.74) is 2.68. The first-order valence-electron chi connectivity index (χ1n) is 5.60. The Balaban J connectivity index is 2.07. The van der Waals surface area contributed by atoms with Gasteiger partial charge >= 0.3 is 0 Å². The van der Waals surface area contributed by atoms with E-state index in [1.54, 1.807) is 18.5 Å². The Labute approximate surface area is 114 Å². The zero-order valence-electron chi connectivity index (χ0n) is 9.98. The molecular weight excluding hydrogens is 292 g/mol. The minimum Gasteiger partial charge on any atom is -0.348 e. The van der Waals surface area contributed by atoms with E-state index in [4.69, 9.17) is 0 Å². The number of aryl methyl sites for hydroxylation is 1. The second kappa shape index (κ2) is 5.78. The van der Waals surface area contributed by atoms with Gasteiger partial charge in [0.25, 0.3) is 5.91 Å². The standard InChI is InChI=1S/C14H13BrN2O/c1-10-4-2-6-12(13(10)15)14(18)17-9-11-5-3-7-16-8-11/h2-8H,9H2,1H3,(H,17,18). The molecule has 92 valence electrons. The van der Waals surface area contributed by atoms with E-state index in [1.165, 1.54) is 0 Å². The van der Waals surface area contributed by atoms with Crippen LogP contribution in [0.3, 0.4) is 0 Å². The summed E-state index contributed by atoms with van der Waals surface area (Å²) < 4.78 is 0.841. The van der Waals surface area contributed by atoms with Gasteiger partial charge in [-0.2, -0.15) is 0 Å². The molecule has 0 unspecified atom stereocenters. The lowest BCUT2D eigenvalue weighted by Gasteiger charge is -2.08. The van der Waals surface area contributed by atoms with Gasteiger partial charge in [0.2, 0.25) is 0 Å². The highest BCUT2D eigenvalue weighted by atomic mass is 79.9. The quantitative estimate of drug-likeness (QED) is 0.947. The van der Waals surface area contributed by atoms with Crippen LogP contribution < -0.4 is 5.32 Å². The molecule has 0 radical (unpaired) electrons. The summed E-state index contributed by atoms with van der Waals surface area (Å²) in [6, 6.07) is 9.42. The van der Waals surface area contributed by atoms with Crippen LogP contribution in [-0.2, 0) is 6.54 Å². The first-order chi connectivity index (χ1) is 8.68. The Morgan fingerprint density at radius 1 is 1.33 bits per heavy atom. The van der Waals surface area contributed by atoms with Crippen LogP contribution in [0.4, 0.5) is 0 Å². The largest absolute Gasteiger partial charge is 0.348 e. The van der Waals surface area contributed by atoms with Crippen LogP contribution in [0.2, 0.25) is 0 Å². The number of nitrogens with zero attached hydrogens (tertiary/aromatic N) is 1. The number of carbonyl (C=O) groups excluding carboxylic acids is 1. The molecule has 2 rings (SSSR count). The topological polar surface area (TPSA) is 42.0 Å². The average molecular weight is 305 g/mol. The predicted octanol–water partition coefficient (Wildman–Crippen LogP) is 3.08. The van der Waals surface area contributed by atoms with E-state index < -0.39 is 0 Å². The van der Waals surface area contributed by atoms with Gasteiger partial charge in [-0.15, -0.1) is 0 Å². The number of rotatable bonds is 3. The molecule has 0 atom stereocenters. The summed E-state index contributed by atoms with van der Waals surface area (Å²) in [6.45, 7) is 2.44. The Hall–Kier alpha value is -1.68. The molecular formula is C14H13BrN2O. The van der Waals surface area contributed by atoms with Crippen molar-refractivity contribution in [1.82, 2.24) is 10.3 Å². The van der Waals surface area contributed by atoms with Crippen molar-refractivity contribution < 1.29 is 4.79 Å². The van der Waals surface area contributed by atoms with E-state index in [-0.39, 0.29) is 5.91 Å². The monoisotopic (exact) mass is 304 g/mol. The van der Waals surface area contributed by atoms with E-state index >= 15 is 0 Å². The Bertz CT molecular complexity index is 555. The van der Waals surface area contributed by atoms with E-state index in [2.05, 4.69) is 26.2 Å². The molecule has 0 aliphatic carbocycles. The fraction of sp³-hybridized carbons (Fsp3) is 0.143. The van der Waals surface area contributed by atoms with Crippen LogP contribution in [-0.4, -0.2) is 10.9 Å². The minimum absolute atomic E-state index is 0.0885. The molecule has 4 heteroatoms. The van der Waals surface area contributed by atoms with Gasteiger partial charge in [-0.3, -0.25) is 9.78 Å². The SMILES string of the molecule is Cc1cccc(C(=O)NCc2cccnc2)c1Br. The summed E-state index contributed by atoms with van der Waals surface area (Å²) in [7, 11) is 0. The molecule has 18 heavy (non-hydrogen) atoms. The van der Waals surface area contributed by atoms with E-state index in [0.717, 1.165) is 15.6 Å². The van der Waals surface area contributed by atoms with Crippen molar-refractivity contribution in [1.29, 1.82) is 0 Å². The average Bonchev–Trinajstić information content (AvgIpc) is 2.40. The first-order valence-corrected chi connectivity index (χ1v) is 6.40. The summed E-state index contributed by atoms with van der Waals surface area (Å²) in [4.78, 5) is 16.0. The summed E-state index contributed by atoms with van der Waals surface area (Å²) >= 11 is 3.43. The number of halogens is 1. The maximum atomic E-state index is 12.0. The number of carbonyl (C=O) groups is 1. The zero-order chi connectivity index (χ0) is 13.0. The lowest BCUT2D eigenvalue weighted by Crippen LogP contribution is -2.23. The van der Waals surface area contributed by atoms with Gasteiger partial charge in [-0.25, -0.2) is 0 Å². The van der Waals surface area contributed by atoms with E-state index in [1.807, 2.05) is 31.2 Å². The third-order valence-corrected chi connectivity index (χ3v) is 3.66. The van der Waals surface area contributed by atoms with Crippen LogP contribution in [0.1, 0.15) is 21.5 Å². The van der Waals surface area contributed by atoms with Crippen molar-refractivity contribution >= 4 is 21.8 Å². The molecule has 1 amide bonds. The lowest BCUT2D eigenvalue weighted by molar-refractivity contribution is 0.0950. The van der Waals surface area contributed by atoms with Crippen LogP contribution in [0.5, 0.6) is 0 Å². The van der Waals surface area contributed by atoms with Gasteiger partial charge in [0.05, 0.1) is 5.56 Å². The number of pyridine rings is 1. The van der Waals surface area contributed by atoms with Crippen molar-refractivity contribution in [3.05, 3.63) is 63.9 Å². The number of nitrogens with one attached hydrogen (secondary N) is 1. The van der Waals surface area contributed by atoms with Crippen LogP contribution in [0, 0.1) is 6.92 Å². The second-order valence-electron chi connectivity index (χ2n) is 3.98. The van der Waals surface area contributed by atoms with Crippen molar-refractivity contribution in [2.24, 2.45) is 0 Å². The minimum atomic E-state index is -0.0885. The highest BCUT2D eigenvalue weighted by Gasteiger charge is 2.10. The molecule has 1 heterocycles. The van der Waals surface area contributed by atoms with E-state index in [9.17, 15) is 4.79 Å². The number of amides is 1. The number of aromatic nitrogens is 1. The molecule has 0 fully saturated rings. The maximum Gasteiger partial charge on any atom is 0.252 e. The molecule has 0 aliphatic rings. The van der Waals surface area contributed by atoms with Gasteiger partial charge in [0.15, 0.2) is 0 Å². The summed E-state index contributed by atoms with van der Waals surface area (Å²) in [6.07, 6.45) is 3.45. The maximum absolute atomic E-state index is 12.0. The Morgan fingerprint density at radius 3 is 2.89 bits per heavy atom. The highest BCUT2D eigenvalue weighted by molar-refractivity contribution is 9.10. The second-order valence-corrected chi connectivity index (χ2v) is 4.77. The molecule has 1 N–H and O–H groups in total. The van der Waals surface area contributed by atoms with Gasteiger partial charge in [0, 0.05) is 23.4 Å². The van der Waals surface area contributed by atoms with Crippen molar-refractivity contribution in [2.75, 3.05) is 0 Å². The normalized spacial score (nSPS) is 10.1. The fourth-order valence-electron chi connectivity index (χ4n) is 1.60. The molecule has 0 saturated carbocycles. The van der Waals surface area contributed by atoms with Crippen LogP contribution >= 0.6 is 15.9 Å². The number of benzene rings is 1. The Kier molecular flexibility index (Phi) is 4.10. The fourth-order valence-corrected chi connectivity index (χ4v) is 2.05. The molecule has 3 nitrogen and oxygen atoms in total. The summed E-state index contributed by atoms with van der Waals surface area (Å²) in [5.74, 6) is -0.0885. The number of hydrogen-bond acceptors (Lipinski definition) is 2. The third kappa shape index (κ3) is 2.96. The van der Waals surface area contributed by atoms with Crippen LogP contribution in [0.15, 0.2) is 47.2 Å². The smallest absolute Gasteiger partial charge is 0.252 e. The first kappa shape index (κ1) is 12.8. The molecule has 0 saturated heterocycles. The molecule has 2 aromatic rings. The zero-order valence-corrected chi connectivity index (χ0v) is 11.6. The number of hydrogen-bond donors (Lipinski definition) is 1. The molecule has 0 spiro atoms. The van der Waals surface area contributed by atoms with Gasteiger partial charge in [-0.05, 0) is 46.1 Å².